The number of benzene rings is 3. The summed E-state index contributed by atoms with van der Waals surface area (Å²) >= 11 is 12.5. The van der Waals surface area contributed by atoms with Gasteiger partial charge in [-0.15, -0.1) is 0 Å². The minimum atomic E-state index is -4.22. The van der Waals surface area contributed by atoms with Crippen molar-refractivity contribution in [1.82, 2.24) is 10.2 Å². The Bertz CT molecular complexity index is 1560. The van der Waals surface area contributed by atoms with Crippen molar-refractivity contribution in [3.63, 3.8) is 0 Å². The van der Waals surface area contributed by atoms with E-state index in [0.717, 1.165) is 47.5 Å². The van der Waals surface area contributed by atoms with Gasteiger partial charge in [-0.05, 0) is 74.2 Å². The molecule has 3 aromatic carbocycles. The molecular weight excluding hydrogens is 621 g/mol. The van der Waals surface area contributed by atoms with Crippen molar-refractivity contribution in [3.8, 4) is 5.75 Å². The zero-order chi connectivity index (χ0) is 31.9. The Morgan fingerprint density at radius 2 is 1.68 bits per heavy atom. The molecule has 0 spiro atoms. The number of hydrogen-bond donors (Lipinski definition) is 1. The average molecular weight is 661 g/mol. The second-order valence-electron chi connectivity index (χ2n) is 11.1. The van der Waals surface area contributed by atoms with E-state index in [1.807, 2.05) is 26.0 Å². The highest BCUT2D eigenvalue weighted by atomic mass is 35.5. The van der Waals surface area contributed by atoms with Gasteiger partial charge >= 0.3 is 0 Å². The number of carbonyl (C=O) groups excluding carboxylic acids is 2. The minimum absolute atomic E-state index is 0.0170. The summed E-state index contributed by atoms with van der Waals surface area (Å²) in [6, 6.07) is 17.3. The lowest BCUT2D eigenvalue weighted by atomic mass is 9.95. The van der Waals surface area contributed by atoms with Gasteiger partial charge in [0, 0.05) is 12.6 Å². The van der Waals surface area contributed by atoms with E-state index in [1.54, 1.807) is 31.4 Å². The fraction of sp³-hybridized carbons (Fsp3) is 0.394. The van der Waals surface area contributed by atoms with Gasteiger partial charge in [-0.2, -0.15) is 0 Å². The topological polar surface area (TPSA) is 96.0 Å². The molecule has 0 heterocycles. The number of aryl methyl sites for hydroxylation is 1. The van der Waals surface area contributed by atoms with Crippen LogP contribution in [-0.2, 0) is 26.2 Å². The second-order valence-corrected chi connectivity index (χ2v) is 13.7. The first-order valence-corrected chi connectivity index (χ1v) is 17.0. The van der Waals surface area contributed by atoms with Crippen LogP contribution in [0, 0.1) is 6.92 Å². The summed E-state index contributed by atoms with van der Waals surface area (Å²) in [6.07, 6.45) is 5.36. The lowest BCUT2D eigenvalue weighted by Crippen LogP contribution is -2.54. The van der Waals surface area contributed by atoms with E-state index in [0.29, 0.717) is 12.2 Å². The summed E-state index contributed by atoms with van der Waals surface area (Å²) in [5, 5.41) is 3.55. The monoisotopic (exact) mass is 659 g/mol. The van der Waals surface area contributed by atoms with Gasteiger partial charge in [0.2, 0.25) is 11.8 Å². The molecule has 1 N–H and O–H groups in total. The van der Waals surface area contributed by atoms with E-state index in [-0.39, 0.29) is 39.1 Å². The molecule has 2 amide bonds. The molecule has 0 bridgehead atoms. The molecule has 1 saturated carbocycles. The molecule has 0 aromatic heterocycles. The third-order valence-electron chi connectivity index (χ3n) is 7.90. The lowest BCUT2D eigenvalue weighted by Gasteiger charge is -2.34. The van der Waals surface area contributed by atoms with Crippen LogP contribution in [0.2, 0.25) is 10.0 Å². The lowest BCUT2D eigenvalue weighted by molar-refractivity contribution is -0.140. The van der Waals surface area contributed by atoms with Gasteiger partial charge in [0.05, 0.1) is 27.7 Å². The van der Waals surface area contributed by atoms with Crippen molar-refractivity contribution in [2.45, 2.75) is 75.9 Å². The molecule has 1 aliphatic rings. The number of nitrogens with one attached hydrogen (secondary N) is 1. The third-order valence-corrected chi connectivity index (χ3v) is 10.4. The summed E-state index contributed by atoms with van der Waals surface area (Å²) < 4.78 is 34.5. The molecule has 1 atom stereocenters. The first-order chi connectivity index (χ1) is 21.0. The fourth-order valence-corrected chi connectivity index (χ4v) is 7.14. The Labute approximate surface area is 270 Å². The van der Waals surface area contributed by atoms with Crippen molar-refractivity contribution >= 4 is 50.7 Å². The van der Waals surface area contributed by atoms with E-state index >= 15 is 0 Å². The molecule has 0 unspecified atom stereocenters. The summed E-state index contributed by atoms with van der Waals surface area (Å²) in [6.45, 7) is 3.21. The molecule has 1 fully saturated rings. The Kier molecular flexibility index (Phi) is 11.6. The fourth-order valence-electron chi connectivity index (χ4n) is 5.44. The first kappa shape index (κ1) is 33.6. The van der Waals surface area contributed by atoms with Crippen LogP contribution in [0.5, 0.6) is 5.75 Å². The Morgan fingerprint density at radius 3 is 2.32 bits per heavy atom. The molecule has 44 heavy (non-hydrogen) atoms. The number of rotatable bonds is 12. The van der Waals surface area contributed by atoms with Gasteiger partial charge in [0.1, 0.15) is 18.3 Å². The first-order valence-electron chi connectivity index (χ1n) is 14.8. The Morgan fingerprint density at radius 1 is 0.977 bits per heavy atom. The second kappa shape index (κ2) is 15.1. The van der Waals surface area contributed by atoms with E-state index in [1.165, 1.54) is 35.2 Å². The molecule has 8 nitrogen and oxygen atoms in total. The predicted octanol–water partition coefficient (Wildman–Crippen LogP) is 6.76. The normalized spacial score (nSPS) is 14.5. The third kappa shape index (κ3) is 8.25. The number of ether oxygens (including phenoxy) is 1. The molecular formula is C33H39Cl2N3O5S. The van der Waals surface area contributed by atoms with Gasteiger partial charge in [0.15, 0.2) is 0 Å². The summed E-state index contributed by atoms with van der Waals surface area (Å²) in [5.41, 5.74) is 1.80. The summed E-state index contributed by atoms with van der Waals surface area (Å²) in [7, 11) is -2.67. The van der Waals surface area contributed by atoms with Crippen LogP contribution in [0.4, 0.5) is 5.69 Å². The van der Waals surface area contributed by atoms with Crippen LogP contribution in [0.3, 0.4) is 0 Å². The zero-order valence-corrected chi connectivity index (χ0v) is 27.6. The van der Waals surface area contributed by atoms with E-state index in [4.69, 9.17) is 27.9 Å². The number of sulfonamides is 1. The highest BCUT2D eigenvalue weighted by Crippen LogP contribution is 2.31. The number of hydrogen-bond acceptors (Lipinski definition) is 5. The quantitative estimate of drug-likeness (QED) is 0.232. The van der Waals surface area contributed by atoms with Crippen molar-refractivity contribution in [2.75, 3.05) is 18.0 Å². The van der Waals surface area contributed by atoms with Gasteiger partial charge < -0.3 is 15.0 Å². The highest BCUT2D eigenvalue weighted by Gasteiger charge is 2.34. The maximum absolute atomic E-state index is 14.3. The van der Waals surface area contributed by atoms with Gasteiger partial charge in [-0.1, -0.05) is 79.2 Å². The van der Waals surface area contributed by atoms with Crippen molar-refractivity contribution in [2.24, 2.45) is 0 Å². The minimum Gasteiger partial charge on any atom is -0.497 e. The molecule has 11 heteroatoms. The van der Waals surface area contributed by atoms with Crippen LogP contribution < -0.4 is 14.4 Å². The van der Waals surface area contributed by atoms with E-state index < -0.39 is 28.5 Å². The number of nitrogens with zero attached hydrogens (tertiary/aromatic N) is 2. The van der Waals surface area contributed by atoms with Crippen molar-refractivity contribution in [3.05, 3.63) is 87.9 Å². The summed E-state index contributed by atoms with van der Waals surface area (Å²) in [5.74, 6) is -0.188. The maximum atomic E-state index is 14.3. The highest BCUT2D eigenvalue weighted by molar-refractivity contribution is 7.92. The SMILES string of the molecule is CC[C@H](C(=O)NC1CCCCC1)N(Cc1cccc(OC)c1)C(=O)CN(c1ccc(Cl)c(Cl)c1)S(=O)(=O)c1ccc(C)cc1. The molecule has 3 aromatic rings. The maximum Gasteiger partial charge on any atom is 0.264 e. The number of halogens is 2. The predicted molar refractivity (Wildman–Crippen MR) is 175 cm³/mol. The van der Waals surface area contributed by atoms with Crippen LogP contribution in [0.15, 0.2) is 71.6 Å². The Balaban J connectivity index is 1.73. The average Bonchev–Trinajstić information content (AvgIpc) is 3.01. The molecule has 4 rings (SSSR count). The van der Waals surface area contributed by atoms with Crippen LogP contribution in [0.25, 0.3) is 0 Å². The zero-order valence-electron chi connectivity index (χ0n) is 25.3. The molecule has 0 aliphatic heterocycles. The molecule has 0 radical (unpaired) electrons. The molecule has 1 aliphatic carbocycles. The number of carbonyl (C=O) groups is 2. The summed E-state index contributed by atoms with van der Waals surface area (Å²) in [4.78, 5) is 29.5. The number of methoxy groups -OCH3 is 1. The smallest absolute Gasteiger partial charge is 0.264 e. The molecule has 0 saturated heterocycles. The van der Waals surface area contributed by atoms with Crippen LogP contribution >= 0.6 is 23.2 Å². The van der Waals surface area contributed by atoms with Crippen LogP contribution in [0.1, 0.15) is 56.6 Å². The van der Waals surface area contributed by atoms with E-state index in [2.05, 4.69) is 5.32 Å². The standard InChI is InChI=1S/C33H39Cl2N3O5S/c1-4-31(33(40)36-25-10-6-5-7-11-25)37(21-24-9-8-12-27(19-24)43-3)32(39)22-38(26-15-18-29(34)30(35)20-26)44(41,42)28-16-13-23(2)14-17-28/h8-9,12-20,25,31H,4-7,10-11,21-22H2,1-3H3,(H,36,40)/t31-/m1/s1. The Hall–Kier alpha value is -3.27. The number of amides is 2. The molecule has 236 valence electrons. The van der Waals surface area contributed by atoms with E-state index in [9.17, 15) is 18.0 Å². The number of anilines is 1. The van der Waals surface area contributed by atoms with Crippen molar-refractivity contribution < 1.29 is 22.7 Å². The van der Waals surface area contributed by atoms with Gasteiger partial charge in [0.25, 0.3) is 10.0 Å². The van der Waals surface area contributed by atoms with Crippen LogP contribution in [-0.4, -0.2) is 50.9 Å². The van der Waals surface area contributed by atoms with Crippen molar-refractivity contribution in [1.29, 1.82) is 0 Å². The largest absolute Gasteiger partial charge is 0.497 e. The van der Waals surface area contributed by atoms with Gasteiger partial charge in [-0.25, -0.2) is 8.42 Å². The van der Waals surface area contributed by atoms with Gasteiger partial charge in [-0.3, -0.25) is 13.9 Å².